The van der Waals surface area contributed by atoms with E-state index in [1.807, 2.05) is 30.3 Å². The van der Waals surface area contributed by atoms with Gasteiger partial charge in [0.15, 0.2) is 0 Å². The molecular weight excluding hydrogens is 371 g/mol. The van der Waals surface area contributed by atoms with Crippen molar-refractivity contribution in [2.45, 2.75) is 19.3 Å². The number of nitrogens with zero attached hydrogens (tertiary/aromatic N) is 1. The topological polar surface area (TPSA) is 79.3 Å². The van der Waals surface area contributed by atoms with Crippen LogP contribution in [0.2, 0.25) is 0 Å². The highest BCUT2D eigenvalue weighted by Crippen LogP contribution is 2.23. The first-order valence-electron chi connectivity index (χ1n) is 9.29. The highest BCUT2D eigenvalue weighted by molar-refractivity contribution is 5.93. The molecule has 0 spiro atoms. The predicted octanol–water partition coefficient (Wildman–Crippen LogP) is 4.55. The van der Waals surface area contributed by atoms with E-state index >= 15 is 0 Å². The van der Waals surface area contributed by atoms with Crippen LogP contribution in [-0.4, -0.2) is 22.0 Å². The second kappa shape index (κ2) is 9.59. The van der Waals surface area contributed by atoms with Gasteiger partial charge in [0.05, 0.1) is 0 Å². The van der Waals surface area contributed by atoms with Crippen LogP contribution in [0.4, 0.5) is 10.1 Å². The molecule has 0 unspecified atom stereocenters. The van der Waals surface area contributed by atoms with Gasteiger partial charge in [-0.3, -0.25) is 14.6 Å². The van der Waals surface area contributed by atoms with Crippen molar-refractivity contribution in [2.24, 2.45) is 5.92 Å². The van der Waals surface area contributed by atoms with Crippen LogP contribution < -0.4 is 5.32 Å². The minimum absolute atomic E-state index is 0.115. The van der Waals surface area contributed by atoms with E-state index in [2.05, 4.69) is 10.3 Å². The zero-order valence-corrected chi connectivity index (χ0v) is 15.7. The lowest BCUT2D eigenvalue weighted by atomic mass is 9.93. The van der Waals surface area contributed by atoms with Crippen molar-refractivity contribution in [3.05, 3.63) is 84.4 Å². The number of anilines is 1. The maximum absolute atomic E-state index is 13.1. The third kappa shape index (κ3) is 5.97. The lowest BCUT2D eigenvalue weighted by Gasteiger charge is -2.17. The molecule has 3 aromatic rings. The third-order valence-electron chi connectivity index (χ3n) is 4.62. The Bertz CT molecular complexity index is 975. The Labute approximate surface area is 168 Å². The molecule has 1 amide bonds. The number of amides is 1. The Morgan fingerprint density at radius 3 is 2.41 bits per heavy atom. The van der Waals surface area contributed by atoms with E-state index in [0.717, 1.165) is 16.7 Å². The molecule has 1 aromatic heterocycles. The van der Waals surface area contributed by atoms with Gasteiger partial charge in [0.2, 0.25) is 5.91 Å². The Morgan fingerprint density at radius 2 is 1.72 bits per heavy atom. The smallest absolute Gasteiger partial charge is 0.303 e. The summed E-state index contributed by atoms with van der Waals surface area (Å²) < 4.78 is 13.1. The zero-order valence-electron chi connectivity index (χ0n) is 15.7. The number of carboxylic acid groups (broad SMARTS) is 1. The van der Waals surface area contributed by atoms with Crippen molar-refractivity contribution in [1.82, 2.24) is 4.98 Å². The molecule has 0 bridgehead atoms. The molecule has 0 saturated carbocycles. The van der Waals surface area contributed by atoms with Gasteiger partial charge in [-0.15, -0.1) is 0 Å². The Balaban J connectivity index is 1.75. The lowest BCUT2D eigenvalue weighted by molar-refractivity contribution is -0.137. The summed E-state index contributed by atoms with van der Waals surface area (Å²) in [5, 5.41) is 11.9. The van der Waals surface area contributed by atoms with Crippen LogP contribution in [-0.2, 0) is 16.0 Å². The van der Waals surface area contributed by atoms with Gasteiger partial charge in [-0.05, 0) is 65.9 Å². The fourth-order valence-electron chi connectivity index (χ4n) is 3.09. The molecule has 0 radical (unpaired) electrons. The van der Waals surface area contributed by atoms with Gasteiger partial charge in [-0.1, -0.05) is 24.3 Å². The molecule has 0 aliphatic heterocycles. The summed E-state index contributed by atoms with van der Waals surface area (Å²) in [5.41, 5.74) is 3.32. The highest BCUT2D eigenvalue weighted by Gasteiger charge is 2.20. The number of pyridine rings is 1. The number of carboxylic acids is 1. The summed E-state index contributed by atoms with van der Waals surface area (Å²) in [6.45, 7) is 0. The minimum Gasteiger partial charge on any atom is -0.481 e. The monoisotopic (exact) mass is 392 g/mol. The van der Waals surface area contributed by atoms with Crippen LogP contribution in [0.5, 0.6) is 0 Å². The Hall–Kier alpha value is -3.54. The van der Waals surface area contributed by atoms with E-state index in [-0.39, 0.29) is 24.6 Å². The molecule has 2 aromatic carbocycles. The van der Waals surface area contributed by atoms with Crippen molar-refractivity contribution in [1.29, 1.82) is 0 Å². The summed E-state index contributed by atoms with van der Waals surface area (Å²) in [5.74, 6) is -2.11. The number of benzene rings is 2. The van der Waals surface area contributed by atoms with Crippen LogP contribution in [0.15, 0.2) is 73.1 Å². The molecule has 2 N–H and O–H groups in total. The van der Waals surface area contributed by atoms with Crippen molar-refractivity contribution in [3.63, 3.8) is 0 Å². The van der Waals surface area contributed by atoms with Crippen LogP contribution in [0.25, 0.3) is 11.1 Å². The fourth-order valence-corrected chi connectivity index (χ4v) is 3.09. The Morgan fingerprint density at radius 1 is 1.00 bits per heavy atom. The minimum atomic E-state index is -0.957. The van der Waals surface area contributed by atoms with Crippen molar-refractivity contribution in [2.75, 3.05) is 5.32 Å². The molecule has 0 aliphatic rings. The molecule has 6 heteroatoms. The van der Waals surface area contributed by atoms with E-state index in [9.17, 15) is 14.0 Å². The van der Waals surface area contributed by atoms with Crippen LogP contribution >= 0.6 is 0 Å². The van der Waals surface area contributed by atoms with Crippen molar-refractivity contribution >= 4 is 17.6 Å². The number of carbonyl (C=O) groups excluding carboxylic acids is 1. The van der Waals surface area contributed by atoms with Gasteiger partial charge in [0, 0.05) is 30.4 Å². The largest absolute Gasteiger partial charge is 0.481 e. The number of carbonyl (C=O) groups is 2. The number of hydrogen-bond acceptors (Lipinski definition) is 3. The maximum Gasteiger partial charge on any atom is 0.303 e. The summed E-state index contributed by atoms with van der Waals surface area (Å²) in [6, 6.07) is 17.1. The fraction of sp³-hybridized carbons (Fsp3) is 0.174. The number of aliphatic carboxylic acids is 1. The average Bonchev–Trinajstić information content (AvgIpc) is 2.73. The molecule has 5 nitrogen and oxygen atoms in total. The molecule has 1 atom stereocenters. The molecule has 1 heterocycles. The van der Waals surface area contributed by atoms with Gasteiger partial charge in [-0.2, -0.15) is 0 Å². The van der Waals surface area contributed by atoms with E-state index < -0.39 is 11.9 Å². The number of nitrogens with one attached hydrogen (secondary N) is 1. The van der Waals surface area contributed by atoms with E-state index in [1.165, 1.54) is 12.1 Å². The standard InChI is InChI=1S/C23H21FN2O3/c24-20-7-4-16(5-8-20)14-19(6-9-22(27)28)23(29)26-21-3-1-2-18(15-21)17-10-12-25-13-11-17/h1-5,7-8,10-13,15,19H,6,9,14H2,(H,26,29)(H,27,28)/t19-/m0/s1. The predicted molar refractivity (Wildman–Crippen MR) is 109 cm³/mol. The number of halogens is 1. The van der Waals surface area contributed by atoms with Gasteiger partial charge in [0.25, 0.3) is 0 Å². The normalized spacial score (nSPS) is 11.6. The van der Waals surface area contributed by atoms with Gasteiger partial charge in [-0.25, -0.2) is 4.39 Å². The maximum atomic E-state index is 13.1. The quantitative estimate of drug-likeness (QED) is 0.589. The summed E-state index contributed by atoms with van der Waals surface area (Å²) >= 11 is 0. The molecule has 148 valence electrons. The van der Waals surface area contributed by atoms with Crippen molar-refractivity contribution in [3.8, 4) is 11.1 Å². The molecule has 3 rings (SSSR count). The van der Waals surface area contributed by atoms with Crippen LogP contribution in [0.3, 0.4) is 0 Å². The lowest BCUT2D eigenvalue weighted by Crippen LogP contribution is -2.25. The third-order valence-corrected chi connectivity index (χ3v) is 4.62. The highest BCUT2D eigenvalue weighted by atomic mass is 19.1. The zero-order chi connectivity index (χ0) is 20.6. The van der Waals surface area contributed by atoms with Crippen molar-refractivity contribution < 1.29 is 19.1 Å². The second-order valence-electron chi connectivity index (χ2n) is 6.77. The van der Waals surface area contributed by atoms with E-state index in [1.54, 1.807) is 30.6 Å². The molecule has 0 saturated heterocycles. The van der Waals surface area contributed by atoms with E-state index in [0.29, 0.717) is 12.1 Å². The SMILES string of the molecule is O=C(O)CC[C@@H](Cc1ccc(F)cc1)C(=O)Nc1cccc(-c2ccncc2)c1. The molecule has 0 fully saturated rings. The molecule has 0 aliphatic carbocycles. The van der Waals surface area contributed by atoms with Gasteiger partial charge in [0.1, 0.15) is 5.82 Å². The number of hydrogen-bond donors (Lipinski definition) is 2. The second-order valence-corrected chi connectivity index (χ2v) is 6.77. The number of rotatable bonds is 8. The first-order valence-corrected chi connectivity index (χ1v) is 9.29. The molecular formula is C23H21FN2O3. The first-order chi connectivity index (χ1) is 14.0. The number of aromatic nitrogens is 1. The van der Waals surface area contributed by atoms with Gasteiger partial charge >= 0.3 is 5.97 Å². The van der Waals surface area contributed by atoms with Gasteiger partial charge < -0.3 is 10.4 Å². The summed E-state index contributed by atoms with van der Waals surface area (Å²) in [7, 11) is 0. The Kier molecular flexibility index (Phi) is 6.68. The van der Waals surface area contributed by atoms with E-state index in [4.69, 9.17) is 5.11 Å². The molecule has 29 heavy (non-hydrogen) atoms. The summed E-state index contributed by atoms with van der Waals surface area (Å²) in [6.07, 6.45) is 3.82. The van der Waals surface area contributed by atoms with Crippen LogP contribution in [0, 0.1) is 11.7 Å². The summed E-state index contributed by atoms with van der Waals surface area (Å²) in [4.78, 5) is 27.9. The van der Waals surface area contributed by atoms with Crippen LogP contribution in [0.1, 0.15) is 18.4 Å². The average molecular weight is 392 g/mol. The first kappa shape index (κ1) is 20.2.